The highest BCUT2D eigenvalue weighted by atomic mass is 16.5. The van der Waals surface area contributed by atoms with E-state index >= 15 is 0 Å². The molecule has 6 nitrogen and oxygen atoms in total. The molecule has 0 unspecified atom stereocenters. The smallest absolute Gasteiger partial charge is 0.211 e. The van der Waals surface area contributed by atoms with Gasteiger partial charge in [0.2, 0.25) is 12.8 Å². The number of benzene rings is 2. The van der Waals surface area contributed by atoms with Crippen LogP contribution < -0.4 is 20.1 Å². The number of para-hydroxylation sites is 2. The normalized spacial score (nSPS) is 11.5. The predicted octanol–water partition coefficient (Wildman–Crippen LogP) is 2.58. The molecule has 0 atom stereocenters. The van der Waals surface area contributed by atoms with E-state index in [0.29, 0.717) is 35.7 Å². The maximum Gasteiger partial charge on any atom is 0.211 e. The molecule has 6 heteroatoms. The van der Waals surface area contributed by atoms with Gasteiger partial charge in [-0.3, -0.25) is 9.59 Å². The first-order chi connectivity index (χ1) is 12.7. The van der Waals surface area contributed by atoms with Crippen molar-refractivity contribution in [2.75, 3.05) is 14.2 Å². The molecule has 0 heterocycles. The van der Waals surface area contributed by atoms with Crippen LogP contribution >= 0.6 is 0 Å². The summed E-state index contributed by atoms with van der Waals surface area (Å²) in [6.45, 7) is 0. The van der Waals surface area contributed by atoms with E-state index in [9.17, 15) is 9.59 Å². The van der Waals surface area contributed by atoms with Crippen molar-refractivity contribution in [3.8, 4) is 11.5 Å². The van der Waals surface area contributed by atoms with Gasteiger partial charge in [0.25, 0.3) is 0 Å². The minimum atomic E-state index is 0.405. The largest absolute Gasteiger partial charge is 0.496 e. The molecule has 0 aliphatic heterocycles. The minimum absolute atomic E-state index is 0.405. The summed E-state index contributed by atoms with van der Waals surface area (Å²) in [6, 6.07) is 14.7. The lowest BCUT2D eigenvalue weighted by molar-refractivity contribution is -0.110. The van der Waals surface area contributed by atoms with E-state index in [4.69, 9.17) is 9.47 Å². The fourth-order valence-electron chi connectivity index (χ4n) is 2.40. The van der Waals surface area contributed by atoms with Gasteiger partial charge in [-0.25, -0.2) is 0 Å². The molecule has 0 fully saturated rings. The summed E-state index contributed by atoms with van der Waals surface area (Å²) in [5.74, 6) is 1.28. The lowest BCUT2D eigenvalue weighted by Gasteiger charge is -2.13. The molecule has 0 aliphatic rings. The third-order valence-corrected chi connectivity index (χ3v) is 3.60. The fourth-order valence-corrected chi connectivity index (χ4v) is 2.40. The number of rotatable bonds is 9. The summed E-state index contributed by atoms with van der Waals surface area (Å²) < 4.78 is 10.7. The highest BCUT2D eigenvalue weighted by Crippen LogP contribution is 2.24. The van der Waals surface area contributed by atoms with Crippen LogP contribution in [0.4, 0.5) is 0 Å². The summed E-state index contributed by atoms with van der Waals surface area (Å²) in [5, 5.41) is 5.24. The van der Waals surface area contributed by atoms with E-state index in [0.717, 1.165) is 11.1 Å². The summed E-state index contributed by atoms with van der Waals surface area (Å²) >= 11 is 0. The Morgan fingerprint density at radius 3 is 1.46 bits per heavy atom. The Kier molecular flexibility index (Phi) is 7.00. The standard InChI is InChI=1S/C20H20N2O4/c1-25-19-9-5-3-7-15(19)11-17(21-13-23)18(22-14-24)12-16-8-4-6-10-20(16)26-2/h3-14H,1-2H3,(H,21,23)(H,22,24)/b17-11-,18-12-. The van der Waals surface area contributed by atoms with Crippen LogP contribution in [0.5, 0.6) is 11.5 Å². The average Bonchev–Trinajstić information content (AvgIpc) is 2.68. The van der Waals surface area contributed by atoms with Crippen molar-refractivity contribution in [1.29, 1.82) is 0 Å². The highest BCUT2D eigenvalue weighted by molar-refractivity contribution is 5.74. The van der Waals surface area contributed by atoms with Gasteiger partial charge in [-0.2, -0.15) is 0 Å². The lowest BCUT2D eigenvalue weighted by atomic mass is 10.1. The zero-order chi connectivity index (χ0) is 18.8. The van der Waals surface area contributed by atoms with Gasteiger partial charge < -0.3 is 20.1 Å². The third-order valence-electron chi connectivity index (χ3n) is 3.60. The number of ether oxygens (including phenoxy) is 2. The molecule has 2 rings (SSSR count). The number of methoxy groups -OCH3 is 2. The number of nitrogens with one attached hydrogen (secondary N) is 2. The van der Waals surface area contributed by atoms with Gasteiger partial charge in [-0.15, -0.1) is 0 Å². The average molecular weight is 352 g/mol. The van der Waals surface area contributed by atoms with Crippen LogP contribution in [0.3, 0.4) is 0 Å². The third kappa shape index (κ3) is 4.73. The second-order valence-corrected chi connectivity index (χ2v) is 5.12. The minimum Gasteiger partial charge on any atom is -0.496 e. The van der Waals surface area contributed by atoms with Gasteiger partial charge in [-0.1, -0.05) is 36.4 Å². The molecule has 134 valence electrons. The van der Waals surface area contributed by atoms with E-state index in [-0.39, 0.29) is 0 Å². The Hall–Kier alpha value is -3.54. The number of amides is 2. The molecular weight excluding hydrogens is 332 g/mol. The molecule has 0 saturated carbocycles. The van der Waals surface area contributed by atoms with Crippen molar-refractivity contribution in [2.45, 2.75) is 0 Å². The zero-order valence-electron chi connectivity index (χ0n) is 14.6. The summed E-state index contributed by atoms with van der Waals surface area (Å²) in [5.41, 5.74) is 2.31. The molecule has 2 aromatic carbocycles. The maximum absolute atomic E-state index is 11.1. The van der Waals surface area contributed by atoms with Gasteiger partial charge in [0, 0.05) is 11.1 Å². The van der Waals surface area contributed by atoms with Crippen LogP contribution in [-0.4, -0.2) is 27.0 Å². The first kappa shape index (κ1) is 18.8. The van der Waals surface area contributed by atoms with Crippen molar-refractivity contribution in [3.05, 3.63) is 71.1 Å². The van der Waals surface area contributed by atoms with Gasteiger partial charge in [-0.05, 0) is 24.3 Å². The van der Waals surface area contributed by atoms with Crippen LogP contribution in [-0.2, 0) is 9.59 Å². The monoisotopic (exact) mass is 352 g/mol. The molecule has 2 N–H and O–H groups in total. The molecule has 0 saturated heterocycles. The van der Waals surface area contributed by atoms with Crippen molar-refractivity contribution in [1.82, 2.24) is 10.6 Å². The van der Waals surface area contributed by atoms with Crippen LogP contribution in [0.25, 0.3) is 12.2 Å². The molecule has 2 amide bonds. The molecule has 0 spiro atoms. The Bertz CT molecular complexity index is 759. The quantitative estimate of drug-likeness (QED) is 0.537. The number of carbonyl (C=O) groups is 2. The van der Waals surface area contributed by atoms with E-state index in [1.54, 1.807) is 38.5 Å². The lowest BCUT2D eigenvalue weighted by Crippen LogP contribution is -2.21. The number of carbonyl (C=O) groups excluding carboxylic acids is 2. The molecule has 0 radical (unpaired) electrons. The van der Waals surface area contributed by atoms with Crippen LogP contribution in [0.15, 0.2) is 59.9 Å². The highest BCUT2D eigenvalue weighted by Gasteiger charge is 2.09. The zero-order valence-corrected chi connectivity index (χ0v) is 14.6. The second-order valence-electron chi connectivity index (χ2n) is 5.12. The molecule has 0 aromatic heterocycles. The van der Waals surface area contributed by atoms with E-state index in [1.165, 1.54) is 0 Å². The Balaban J connectivity index is 2.55. The summed E-state index contributed by atoms with van der Waals surface area (Å²) in [7, 11) is 3.13. The van der Waals surface area contributed by atoms with Gasteiger partial charge in [0.05, 0.1) is 25.6 Å². The number of hydrogen-bond acceptors (Lipinski definition) is 4. The van der Waals surface area contributed by atoms with Crippen molar-refractivity contribution < 1.29 is 19.1 Å². The first-order valence-corrected chi connectivity index (χ1v) is 7.83. The van der Waals surface area contributed by atoms with Crippen LogP contribution in [0, 0.1) is 0 Å². The SMILES string of the molecule is COc1ccccc1/C=C(NC=O)/C(=C/c1ccccc1OC)NC=O. The molecular formula is C20H20N2O4. The molecule has 0 bridgehead atoms. The summed E-state index contributed by atoms with van der Waals surface area (Å²) in [6.07, 6.45) is 4.52. The second kappa shape index (κ2) is 9.68. The fraction of sp³-hybridized carbons (Fsp3) is 0.100. The first-order valence-electron chi connectivity index (χ1n) is 7.83. The Labute approximate surface area is 152 Å². The predicted molar refractivity (Wildman–Crippen MR) is 100 cm³/mol. The maximum atomic E-state index is 11.1. The van der Waals surface area contributed by atoms with Crippen molar-refractivity contribution >= 4 is 25.0 Å². The Morgan fingerprint density at radius 1 is 0.731 bits per heavy atom. The topological polar surface area (TPSA) is 76.7 Å². The molecule has 26 heavy (non-hydrogen) atoms. The van der Waals surface area contributed by atoms with E-state index in [2.05, 4.69) is 10.6 Å². The Morgan fingerprint density at radius 2 is 1.12 bits per heavy atom. The van der Waals surface area contributed by atoms with Gasteiger partial charge in [0.15, 0.2) is 0 Å². The van der Waals surface area contributed by atoms with Crippen LogP contribution in [0.2, 0.25) is 0 Å². The van der Waals surface area contributed by atoms with Gasteiger partial charge >= 0.3 is 0 Å². The van der Waals surface area contributed by atoms with E-state index < -0.39 is 0 Å². The van der Waals surface area contributed by atoms with Crippen molar-refractivity contribution in [3.63, 3.8) is 0 Å². The van der Waals surface area contributed by atoms with Crippen molar-refractivity contribution in [2.24, 2.45) is 0 Å². The number of hydrogen-bond donors (Lipinski definition) is 2. The van der Waals surface area contributed by atoms with Crippen LogP contribution in [0.1, 0.15) is 11.1 Å². The molecule has 0 aliphatic carbocycles. The van der Waals surface area contributed by atoms with E-state index in [1.807, 2.05) is 36.4 Å². The molecule has 2 aromatic rings. The van der Waals surface area contributed by atoms with Gasteiger partial charge in [0.1, 0.15) is 11.5 Å². The summed E-state index contributed by atoms with van der Waals surface area (Å²) in [4.78, 5) is 22.2.